The summed E-state index contributed by atoms with van der Waals surface area (Å²) in [4.78, 5) is 0. The Bertz CT molecular complexity index is 683. The van der Waals surface area contributed by atoms with Gasteiger partial charge in [-0.2, -0.15) is 0 Å². The number of hydrogen-bond acceptors (Lipinski definition) is 4. The fraction of sp³-hybridized carbons (Fsp3) is 0.739. The van der Waals surface area contributed by atoms with Gasteiger partial charge in [-0.15, -0.1) is 0 Å². The summed E-state index contributed by atoms with van der Waals surface area (Å²) in [6.07, 6.45) is 6.36. The molecule has 0 unspecified atom stereocenters. The van der Waals surface area contributed by atoms with Crippen molar-refractivity contribution >= 4 is 0 Å². The van der Waals surface area contributed by atoms with Crippen molar-refractivity contribution in [1.29, 1.82) is 0 Å². The summed E-state index contributed by atoms with van der Waals surface area (Å²) in [5.41, 5.74) is 1.10. The zero-order valence-corrected chi connectivity index (χ0v) is 17.6. The molecular weight excluding hydrogens is 340 g/mol. The van der Waals surface area contributed by atoms with E-state index in [0.717, 1.165) is 61.2 Å². The number of aliphatic hydroxyl groups is 2. The van der Waals surface area contributed by atoms with E-state index in [-0.39, 0.29) is 23.5 Å². The molecule has 1 fully saturated rings. The summed E-state index contributed by atoms with van der Waals surface area (Å²) < 4.78 is 12.0. The third-order valence-electron chi connectivity index (χ3n) is 7.05. The SMILES string of the molecule is COc1cc(C)cc2c1CC[C@](C)(CC[C@@H]1C(C)(C)CCC[C@@]1(O)CO)O2. The highest BCUT2D eigenvalue weighted by Gasteiger charge is 2.48. The van der Waals surface area contributed by atoms with Crippen molar-refractivity contribution in [3.8, 4) is 11.5 Å². The summed E-state index contributed by atoms with van der Waals surface area (Å²) in [5, 5.41) is 20.9. The van der Waals surface area contributed by atoms with Gasteiger partial charge in [-0.25, -0.2) is 0 Å². The van der Waals surface area contributed by atoms with Crippen LogP contribution in [-0.2, 0) is 6.42 Å². The fourth-order valence-corrected chi connectivity index (χ4v) is 5.38. The highest BCUT2D eigenvalue weighted by atomic mass is 16.5. The Balaban J connectivity index is 1.77. The minimum atomic E-state index is -0.968. The van der Waals surface area contributed by atoms with Crippen LogP contribution in [0, 0.1) is 18.3 Å². The second-order valence-electron chi connectivity index (χ2n) is 9.69. The minimum absolute atomic E-state index is 0.0263. The molecule has 1 aromatic rings. The van der Waals surface area contributed by atoms with Crippen LogP contribution < -0.4 is 9.47 Å². The van der Waals surface area contributed by atoms with Gasteiger partial charge in [-0.05, 0) is 87.8 Å². The van der Waals surface area contributed by atoms with Crippen LogP contribution in [0.15, 0.2) is 12.1 Å². The van der Waals surface area contributed by atoms with Crippen LogP contribution in [0.1, 0.15) is 70.4 Å². The van der Waals surface area contributed by atoms with Gasteiger partial charge in [-0.1, -0.05) is 13.8 Å². The van der Waals surface area contributed by atoms with E-state index in [1.54, 1.807) is 7.11 Å². The number of aliphatic hydroxyl groups excluding tert-OH is 1. The monoisotopic (exact) mass is 376 g/mol. The minimum Gasteiger partial charge on any atom is -0.496 e. The molecule has 2 aliphatic rings. The Morgan fingerprint density at radius 3 is 2.59 bits per heavy atom. The Morgan fingerprint density at radius 2 is 1.93 bits per heavy atom. The molecule has 3 rings (SSSR count). The number of rotatable bonds is 5. The molecule has 152 valence electrons. The van der Waals surface area contributed by atoms with Gasteiger partial charge >= 0.3 is 0 Å². The van der Waals surface area contributed by atoms with Crippen LogP contribution >= 0.6 is 0 Å². The van der Waals surface area contributed by atoms with Crippen LogP contribution in [0.2, 0.25) is 0 Å². The van der Waals surface area contributed by atoms with Gasteiger partial charge in [0.05, 0.1) is 19.3 Å². The van der Waals surface area contributed by atoms with Crippen molar-refractivity contribution in [1.82, 2.24) is 0 Å². The third-order valence-corrected chi connectivity index (χ3v) is 7.05. The molecule has 0 saturated heterocycles. The van der Waals surface area contributed by atoms with E-state index >= 15 is 0 Å². The van der Waals surface area contributed by atoms with E-state index in [2.05, 4.69) is 39.8 Å². The molecule has 1 saturated carbocycles. The number of benzene rings is 1. The molecule has 3 atom stereocenters. The van der Waals surface area contributed by atoms with Gasteiger partial charge < -0.3 is 19.7 Å². The average Bonchev–Trinajstić information content (AvgIpc) is 2.59. The number of aryl methyl sites for hydroxylation is 1. The quantitative estimate of drug-likeness (QED) is 0.799. The maximum Gasteiger partial charge on any atom is 0.127 e. The van der Waals surface area contributed by atoms with E-state index in [1.807, 2.05) is 0 Å². The summed E-state index contributed by atoms with van der Waals surface area (Å²) >= 11 is 0. The molecule has 4 heteroatoms. The van der Waals surface area contributed by atoms with Crippen LogP contribution in [0.3, 0.4) is 0 Å². The van der Waals surface area contributed by atoms with Crippen LogP contribution in [0.4, 0.5) is 0 Å². The van der Waals surface area contributed by atoms with Crippen molar-refractivity contribution in [2.45, 2.75) is 83.8 Å². The molecule has 0 radical (unpaired) electrons. The van der Waals surface area contributed by atoms with Crippen LogP contribution in [-0.4, -0.2) is 35.1 Å². The molecule has 0 spiro atoms. The van der Waals surface area contributed by atoms with E-state index in [1.165, 1.54) is 0 Å². The Hall–Kier alpha value is -1.26. The van der Waals surface area contributed by atoms with E-state index in [9.17, 15) is 10.2 Å². The molecule has 1 aromatic carbocycles. The Morgan fingerprint density at radius 1 is 1.19 bits per heavy atom. The maximum atomic E-state index is 11.0. The predicted molar refractivity (Wildman–Crippen MR) is 107 cm³/mol. The van der Waals surface area contributed by atoms with E-state index < -0.39 is 5.60 Å². The molecule has 1 aliphatic carbocycles. The Labute approximate surface area is 163 Å². The molecule has 1 aliphatic heterocycles. The topological polar surface area (TPSA) is 58.9 Å². The van der Waals surface area contributed by atoms with Gasteiger partial charge in [0.1, 0.15) is 17.1 Å². The Kier molecular flexibility index (Phi) is 5.53. The predicted octanol–water partition coefficient (Wildman–Crippen LogP) is 4.42. The first-order valence-electron chi connectivity index (χ1n) is 10.3. The van der Waals surface area contributed by atoms with Gasteiger partial charge in [0.2, 0.25) is 0 Å². The molecule has 2 N–H and O–H groups in total. The standard InChI is InChI=1S/C23H36O4/c1-16-13-18(26-5)17-7-11-22(4,27-19(17)14-16)12-8-20-21(2,3)9-6-10-23(20,25)15-24/h13-14,20,24-25H,6-12,15H2,1-5H3/t20-,22-,23-/m1/s1. The third kappa shape index (κ3) is 3.97. The summed E-state index contributed by atoms with van der Waals surface area (Å²) in [5.74, 6) is 1.92. The van der Waals surface area contributed by atoms with E-state index in [4.69, 9.17) is 9.47 Å². The fourth-order valence-electron chi connectivity index (χ4n) is 5.38. The van der Waals surface area contributed by atoms with Crippen molar-refractivity contribution in [3.05, 3.63) is 23.3 Å². The lowest BCUT2D eigenvalue weighted by molar-refractivity contribution is -0.136. The van der Waals surface area contributed by atoms with Crippen LogP contribution in [0.25, 0.3) is 0 Å². The van der Waals surface area contributed by atoms with Gasteiger partial charge in [0.25, 0.3) is 0 Å². The van der Waals surface area contributed by atoms with Crippen molar-refractivity contribution in [2.75, 3.05) is 13.7 Å². The second-order valence-corrected chi connectivity index (χ2v) is 9.69. The molecule has 4 nitrogen and oxygen atoms in total. The van der Waals surface area contributed by atoms with Crippen LogP contribution in [0.5, 0.6) is 11.5 Å². The maximum absolute atomic E-state index is 11.0. The van der Waals surface area contributed by atoms with Gasteiger partial charge in [0, 0.05) is 5.56 Å². The first kappa shape index (κ1) is 20.5. The van der Waals surface area contributed by atoms with Crippen molar-refractivity contribution in [3.63, 3.8) is 0 Å². The van der Waals surface area contributed by atoms with Crippen molar-refractivity contribution < 1.29 is 19.7 Å². The first-order chi connectivity index (χ1) is 12.6. The molecule has 0 aromatic heterocycles. The molecule has 0 amide bonds. The zero-order chi connectivity index (χ0) is 19.9. The summed E-state index contributed by atoms with van der Waals surface area (Å²) in [6, 6.07) is 4.17. The summed E-state index contributed by atoms with van der Waals surface area (Å²) in [6.45, 7) is 8.54. The first-order valence-corrected chi connectivity index (χ1v) is 10.3. The number of fused-ring (bicyclic) bond motifs is 1. The largest absolute Gasteiger partial charge is 0.496 e. The van der Waals surface area contributed by atoms with E-state index in [0.29, 0.717) is 6.42 Å². The lowest BCUT2D eigenvalue weighted by Crippen LogP contribution is -2.52. The number of methoxy groups -OCH3 is 1. The lowest BCUT2D eigenvalue weighted by Gasteiger charge is -2.50. The zero-order valence-electron chi connectivity index (χ0n) is 17.6. The molecule has 0 bridgehead atoms. The molecule has 27 heavy (non-hydrogen) atoms. The average molecular weight is 377 g/mol. The normalized spacial score (nSPS) is 32.5. The van der Waals surface area contributed by atoms with Gasteiger partial charge in [-0.3, -0.25) is 0 Å². The van der Waals surface area contributed by atoms with Gasteiger partial charge in [0.15, 0.2) is 0 Å². The highest BCUT2D eigenvalue weighted by molar-refractivity contribution is 5.49. The molecular formula is C23H36O4. The number of ether oxygens (including phenoxy) is 2. The van der Waals surface area contributed by atoms with Crippen molar-refractivity contribution in [2.24, 2.45) is 11.3 Å². The number of hydrogen-bond donors (Lipinski definition) is 2. The summed E-state index contributed by atoms with van der Waals surface area (Å²) in [7, 11) is 1.71. The lowest BCUT2D eigenvalue weighted by atomic mass is 9.59. The highest BCUT2D eigenvalue weighted by Crippen LogP contribution is 2.50. The second kappa shape index (κ2) is 7.29. The smallest absolute Gasteiger partial charge is 0.127 e. The molecule has 1 heterocycles.